The highest BCUT2D eigenvalue weighted by atomic mass is 32.1. The van der Waals surface area contributed by atoms with Crippen LogP contribution in [0, 0.1) is 11.8 Å². The summed E-state index contributed by atoms with van der Waals surface area (Å²) in [5.41, 5.74) is 1.29. The normalized spacial score (nSPS) is 21.9. The molecular formula is C24H27F3N8O3S. The van der Waals surface area contributed by atoms with Gasteiger partial charge in [0.15, 0.2) is 0 Å². The molecule has 0 radical (unpaired) electrons. The lowest BCUT2D eigenvalue weighted by molar-refractivity contribution is -0.117. The number of hydrogen-bond acceptors (Lipinski definition) is 8. The van der Waals surface area contributed by atoms with E-state index in [0.717, 1.165) is 29.7 Å². The van der Waals surface area contributed by atoms with Crippen molar-refractivity contribution in [1.29, 1.82) is 0 Å². The van der Waals surface area contributed by atoms with E-state index in [1.165, 1.54) is 22.1 Å². The third-order valence-electron chi connectivity index (χ3n) is 7.27. The summed E-state index contributed by atoms with van der Waals surface area (Å²) in [6.45, 7) is -2.41. The molecule has 2 fully saturated rings. The number of halogens is 3. The van der Waals surface area contributed by atoms with Crippen molar-refractivity contribution in [3.8, 4) is 5.88 Å². The standard InChI is InChI=1S/C24H27F3N8O3S/c1-34-17(8-18(33-34)38-23(26)27)30-24-32-29-10-35(24)12-4-5-16-14(6-12)19(21(37)28-9-11-2-3-11)22(39-16)31-20(36)13-7-15(13)25/h8,10-13,15,23H,2-7,9H2,1H3,(H,28,37)(H,30,32)(H,31,36)/t12?,13-,15+/m0/s1. The topological polar surface area (TPSA) is 128 Å². The van der Waals surface area contributed by atoms with E-state index in [4.69, 9.17) is 0 Å². The lowest BCUT2D eigenvalue weighted by atomic mass is 9.91. The number of thiophene rings is 1. The van der Waals surface area contributed by atoms with E-state index in [1.54, 1.807) is 13.4 Å². The van der Waals surface area contributed by atoms with Crippen LogP contribution in [0.2, 0.25) is 0 Å². The van der Waals surface area contributed by atoms with Gasteiger partial charge in [-0.1, -0.05) is 0 Å². The van der Waals surface area contributed by atoms with E-state index >= 15 is 0 Å². The fourth-order valence-corrected chi connectivity index (χ4v) is 6.08. The Balaban J connectivity index is 1.24. The minimum Gasteiger partial charge on any atom is -0.415 e. The lowest BCUT2D eigenvalue weighted by Crippen LogP contribution is -2.29. The first-order chi connectivity index (χ1) is 18.8. The summed E-state index contributed by atoms with van der Waals surface area (Å²) < 4.78 is 46.3. The first-order valence-electron chi connectivity index (χ1n) is 12.8. The quantitative estimate of drug-likeness (QED) is 0.343. The average molecular weight is 565 g/mol. The first kappa shape index (κ1) is 25.6. The molecule has 0 saturated heterocycles. The van der Waals surface area contributed by atoms with Crippen LogP contribution in [0.15, 0.2) is 12.4 Å². The minimum absolute atomic E-state index is 0.119. The van der Waals surface area contributed by atoms with Crippen molar-refractivity contribution in [1.82, 2.24) is 29.9 Å². The van der Waals surface area contributed by atoms with Gasteiger partial charge in [0.1, 0.15) is 23.3 Å². The molecule has 3 heterocycles. The van der Waals surface area contributed by atoms with E-state index in [2.05, 4.69) is 36.0 Å². The van der Waals surface area contributed by atoms with Crippen molar-refractivity contribution in [2.24, 2.45) is 18.9 Å². The first-order valence-corrected chi connectivity index (χ1v) is 13.6. The van der Waals surface area contributed by atoms with Gasteiger partial charge in [-0.15, -0.1) is 26.6 Å². The molecule has 0 aromatic carbocycles. The fraction of sp³-hybridized carbons (Fsp3) is 0.542. The molecule has 3 aliphatic carbocycles. The zero-order valence-electron chi connectivity index (χ0n) is 21.0. The molecule has 0 bridgehead atoms. The molecule has 0 aliphatic heterocycles. The van der Waals surface area contributed by atoms with Gasteiger partial charge in [0.05, 0.1) is 11.5 Å². The van der Waals surface area contributed by atoms with Gasteiger partial charge in [0.25, 0.3) is 5.91 Å². The van der Waals surface area contributed by atoms with Crippen molar-refractivity contribution in [3.63, 3.8) is 0 Å². The van der Waals surface area contributed by atoms with Gasteiger partial charge < -0.3 is 20.7 Å². The predicted octanol–water partition coefficient (Wildman–Crippen LogP) is 3.58. The summed E-state index contributed by atoms with van der Waals surface area (Å²) >= 11 is 1.37. The molecule has 2 saturated carbocycles. The number of rotatable bonds is 10. The number of nitrogens with one attached hydrogen (secondary N) is 3. The average Bonchev–Trinajstić information content (AvgIpc) is 3.73. The maximum absolute atomic E-state index is 13.5. The second-order valence-corrected chi connectivity index (χ2v) is 11.3. The van der Waals surface area contributed by atoms with E-state index in [9.17, 15) is 22.8 Å². The SMILES string of the molecule is Cn1nc(OC(F)F)cc1Nc1nncn1C1CCc2sc(NC(=O)[C@H]3C[C@H]3F)c(C(=O)NCC3CC3)c2C1. The molecule has 3 aliphatic rings. The van der Waals surface area contributed by atoms with Crippen LogP contribution in [-0.2, 0) is 24.7 Å². The molecule has 1 unspecified atom stereocenters. The summed E-state index contributed by atoms with van der Waals surface area (Å²) in [4.78, 5) is 26.9. The van der Waals surface area contributed by atoms with Crippen LogP contribution >= 0.6 is 11.3 Å². The van der Waals surface area contributed by atoms with Gasteiger partial charge in [0.2, 0.25) is 17.7 Å². The zero-order chi connectivity index (χ0) is 27.3. The molecule has 3 N–H and O–H groups in total. The number of aromatic nitrogens is 5. The number of fused-ring (bicyclic) bond motifs is 1. The van der Waals surface area contributed by atoms with Crippen molar-refractivity contribution < 1.29 is 27.5 Å². The molecule has 6 rings (SSSR count). The van der Waals surface area contributed by atoms with Gasteiger partial charge in [-0.3, -0.25) is 14.2 Å². The van der Waals surface area contributed by atoms with Crippen molar-refractivity contribution in [2.45, 2.75) is 57.3 Å². The van der Waals surface area contributed by atoms with Crippen molar-refractivity contribution >= 4 is 39.9 Å². The Bertz CT molecular complexity index is 1400. The molecule has 208 valence electrons. The molecule has 15 heteroatoms. The van der Waals surface area contributed by atoms with Crippen molar-refractivity contribution in [2.75, 3.05) is 17.2 Å². The summed E-state index contributed by atoms with van der Waals surface area (Å²) in [7, 11) is 1.58. The summed E-state index contributed by atoms with van der Waals surface area (Å²) in [5.74, 6) is -0.300. The molecule has 11 nitrogen and oxygen atoms in total. The van der Waals surface area contributed by atoms with Crippen LogP contribution < -0.4 is 20.7 Å². The molecule has 0 spiro atoms. The molecule has 39 heavy (non-hydrogen) atoms. The van der Waals surface area contributed by atoms with Gasteiger partial charge in [-0.05, 0) is 50.0 Å². The molecule has 3 aromatic rings. The summed E-state index contributed by atoms with van der Waals surface area (Å²) in [5, 5.41) is 21.4. The molecular weight excluding hydrogens is 537 g/mol. The Kier molecular flexibility index (Phi) is 6.69. The van der Waals surface area contributed by atoms with Crippen LogP contribution in [0.5, 0.6) is 5.88 Å². The third-order valence-corrected chi connectivity index (χ3v) is 8.48. The largest absolute Gasteiger partial charge is 0.415 e. The number of ether oxygens (including phenoxy) is 1. The number of aryl methyl sites for hydroxylation is 2. The van der Waals surface area contributed by atoms with Gasteiger partial charge >= 0.3 is 6.61 Å². The van der Waals surface area contributed by atoms with E-state index in [1.807, 2.05) is 4.57 Å². The maximum Gasteiger partial charge on any atom is 0.388 e. The Labute approximate surface area is 225 Å². The van der Waals surface area contributed by atoms with Crippen LogP contribution in [-0.4, -0.2) is 55.7 Å². The number of alkyl halides is 3. The lowest BCUT2D eigenvalue weighted by Gasteiger charge is -2.25. The Hall–Kier alpha value is -3.62. The van der Waals surface area contributed by atoms with Crippen LogP contribution in [0.3, 0.4) is 0 Å². The van der Waals surface area contributed by atoms with Crippen LogP contribution in [0.4, 0.5) is 29.9 Å². The van der Waals surface area contributed by atoms with E-state index < -0.39 is 24.6 Å². The highest BCUT2D eigenvalue weighted by molar-refractivity contribution is 7.17. The highest BCUT2D eigenvalue weighted by Gasteiger charge is 2.44. The van der Waals surface area contributed by atoms with E-state index in [-0.39, 0.29) is 24.2 Å². The predicted molar refractivity (Wildman–Crippen MR) is 135 cm³/mol. The van der Waals surface area contributed by atoms with Crippen LogP contribution in [0.25, 0.3) is 0 Å². The fourth-order valence-electron chi connectivity index (χ4n) is 4.84. The summed E-state index contributed by atoms with van der Waals surface area (Å²) in [6, 6.07) is 1.22. The molecule has 2 amide bonds. The van der Waals surface area contributed by atoms with E-state index in [0.29, 0.717) is 47.6 Å². The molecule has 3 atom stereocenters. The number of anilines is 3. The maximum atomic E-state index is 13.5. The third kappa shape index (κ3) is 5.44. The minimum atomic E-state index is -2.99. The number of hydrogen-bond donors (Lipinski definition) is 3. The van der Waals surface area contributed by atoms with Gasteiger partial charge in [-0.2, -0.15) is 8.78 Å². The highest BCUT2D eigenvalue weighted by Crippen LogP contribution is 2.43. The number of carbonyl (C=O) groups is 2. The van der Waals surface area contributed by atoms with Gasteiger partial charge in [-0.25, -0.2) is 9.07 Å². The van der Waals surface area contributed by atoms with Crippen molar-refractivity contribution in [3.05, 3.63) is 28.4 Å². The smallest absolute Gasteiger partial charge is 0.388 e. The number of amides is 2. The number of nitrogens with zero attached hydrogens (tertiary/aromatic N) is 5. The van der Waals surface area contributed by atoms with Gasteiger partial charge in [0, 0.05) is 30.6 Å². The Morgan fingerprint density at radius 2 is 2.08 bits per heavy atom. The summed E-state index contributed by atoms with van der Waals surface area (Å²) in [6.07, 6.45) is 4.69. The van der Waals surface area contributed by atoms with Crippen LogP contribution in [0.1, 0.15) is 52.5 Å². The molecule has 3 aromatic heterocycles. The second kappa shape index (κ2) is 10.2. The Morgan fingerprint density at radius 3 is 2.79 bits per heavy atom. The second-order valence-electron chi connectivity index (χ2n) is 10.2. The number of carbonyl (C=O) groups excluding carboxylic acids is 2. The Morgan fingerprint density at radius 1 is 1.28 bits per heavy atom. The monoisotopic (exact) mass is 564 g/mol. The zero-order valence-corrected chi connectivity index (χ0v) is 21.8.